The lowest BCUT2D eigenvalue weighted by Crippen LogP contribution is -2.24. The molecule has 100 valence electrons. The molecule has 1 unspecified atom stereocenters. The molecule has 0 aromatic carbocycles. The zero-order chi connectivity index (χ0) is 13.6. The lowest BCUT2D eigenvalue weighted by Gasteiger charge is -2.20. The molecule has 7 heteroatoms. The first-order chi connectivity index (χ1) is 9.06. The first-order valence-electron chi connectivity index (χ1n) is 5.82. The highest BCUT2D eigenvalue weighted by molar-refractivity contribution is 6.28. The fourth-order valence-electron chi connectivity index (χ4n) is 2.33. The molecule has 3 heterocycles. The number of imidazole rings is 1. The zero-order valence-electron chi connectivity index (χ0n) is 9.84. The largest absolute Gasteiger partial charge is 0.476 e. The molecule has 0 saturated carbocycles. The molecule has 2 aromatic heterocycles. The molecular weight excluding hydrogens is 272 g/mol. The number of halogens is 1. The summed E-state index contributed by atoms with van der Waals surface area (Å²) in [5, 5.41) is 19.1. The van der Waals surface area contributed by atoms with Crippen molar-refractivity contribution in [1.82, 2.24) is 9.55 Å². The summed E-state index contributed by atoms with van der Waals surface area (Å²) in [7, 11) is 0. The van der Waals surface area contributed by atoms with Gasteiger partial charge in [-0.1, -0.05) is 0 Å². The third-order valence-electron chi connectivity index (χ3n) is 3.18. The number of carboxylic acid groups (broad SMARTS) is 1. The van der Waals surface area contributed by atoms with E-state index in [1.165, 1.54) is 0 Å². The van der Waals surface area contributed by atoms with E-state index >= 15 is 0 Å². The van der Waals surface area contributed by atoms with Crippen molar-refractivity contribution in [1.29, 1.82) is 0 Å². The summed E-state index contributed by atoms with van der Waals surface area (Å²) in [5.74, 6) is -0.247. The SMILES string of the molecule is O=C(O)c1nc(-c2ccc(Cl)o2)n2c1CC(O)CC2. The standard InChI is InChI=1S/C12H11ClN2O4/c13-9-2-1-8(19-9)11-14-10(12(17)18)7-5-6(16)3-4-15(7)11/h1-2,6,16H,3-5H2,(H,17,18). The van der Waals surface area contributed by atoms with Crippen LogP contribution in [0.1, 0.15) is 22.6 Å². The predicted octanol–water partition coefficient (Wildman–Crippen LogP) is 1.80. The van der Waals surface area contributed by atoms with Crippen molar-refractivity contribution >= 4 is 17.6 Å². The molecule has 0 amide bonds. The molecule has 2 aromatic rings. The summed E-state index contributed by atoms with van der Waals surface area (Å²) in [6.07, 6.45) is 0.308. The lowest BCUT2D eigenvalue weighted by molar-refractivity contribution is 0.0687. The summed E-state index contributed by atoms with van der Waals surface area (Å²) in [6.45, 7) is 0.504. The van der Waals surface area contributed by atoms with Crippen molar-refractivity contribution < 1.29 is 19.4 Å². The number of aliphatic hydroxyl groups is 1. The molecule has 0 bridgehead atoms. The Labute approximate surface area is 113 Å². The zero-order valence-corrected chi connectivity index (χ0v) is 10.6. The monoisotopic (exact) mass is 282 g/mol. The van der Waals surface area contributed by atoms with Gasteiger partial charge in [-0.05, 0) is 30.2 Å². The highest BCUT2D eigenvalue weighted by atomic mass is 35.5. The number of hydrogen-bond donors (Lipinski definition) is 2. The Morgan fingerprint density at radius 1 is 1.53 bits per heavy atom. The van der Waals surface area contributed by atoms with Crippen LogP contribution in [0.2, 0.25) is 5.22 Å². The van der Waals surface area contributed by atoms with E-state index in [1.807, 2.05) is 0 Å². The number of nitrogens with zero attached hydrogens (tertiary/aromatic N) is 2. The molecule has 19 heavy (non-hydrogen) atoms. The molecule has 1 atom stereocenters. The maximum absolute atomic E-state index is 11.2. The van der Waals surface area contributed by atoms with Crippen molar-refractivity contribution in [3.05, 3.63) is 28.7 Å². The highest BCUT2D eigenvalue weighted by Gasteiger charge is 2.28. The fourth-order valence-corrected chi connectivity index (χ4v) is 2.48. The Kier molecular flexibility index (Phi) is 2.83. The smallest absolute Gasteiger partial charge is 0.356 e. The van der Waals surface area contributed by atoms with Gasteiger partial charge in [0, 0.05) is 13.0 Å². The maximum atomic E-state index is 11.2. The van der Waals surface area contributed by atoms with Gasteiger partial charge < -0.3 is 19.2 Å². The van der Waals surface area contributed by atoms with Crippen LogP contribution >= 0.6 is 11.6 Å². The first kappa shape index (κ1) is 12.3. The van der Waals surface area contributed by atoms with Gasteiger partial charge in [-0.3, -0.25) is 0 Å². The van der Waals surface area contributed by atoms with Crippen LogP contribution in [0.15, 0.2) is 16.5 Å². The maximum Gasteiger partial charge on any atom is 0.356 e. The Morgan fingerprint density at radius 2 is 2.32 bits per heavy atom. The van der Waals surface area contributed by atoms with Gasteiger partial charge in [0.05, 0.1) is 11.8 Å². The number of rotatable bonds is 2. The molecule has 1 aliphatic heterocycles. The third kappa shape index (κ3) is 2.02. The van der Waals surface area contributed by atoms with E-state index in [4.69, 9.17) is 16.0 Å². The number of aromatic nitrogens is 2. The summed E-state index contributed by atoms with van der Waals surface area (Å²) in [5.41, 5.74) is 0.482. The predicted molar refractivity (Wildman–Crippen MR) is 66.2 cm³/mol. The number of carbonyl (C=O) groups is 1. The molecule has 0 saturated heterocycles. The van der Waals surface area contributed by atoms with Crippen molar-refractivity contribution in [2.45, 2.75) is 25.5 Å². The second-order valence-corrected chi connectivity index (χ2v) is 4.81. The van der Waals surface area contributed by atoms with Gasteiger partial charge in [-0.15, -0.1) is 0 Å². The number of carboxylic acids is 1. The van der Waals surface area contributed by atoms with Gasteiger partial charge in [-0.2, -0.15) is 0 Å². The van der Waals surface area contributed by atoms with Crippen molar-refractivity contribution in [2.24, 2.45) is 0 Å². The molecular formula is C12H11ClN2O4. The molecule has 0 spiro atoms. The topological polar surface area (TPSA) is 88.5 Å². The quantitative estimate of drug-likeness (QED) is 0.877. The average molecular weight is 283 g/mol. The molecule has 0 aliphatic carbocycles. The Bertz CT molecular complexity index is 646. The van der Waals surface area contributed by atoms with Crippen molar-refractivity contribution in [3.63, 3.8) is 0 Å². The van der Waals surface area contributed by atoms with Crippen LogP contribution < -0.4 is 0 Å². The van der Waals surface area contributed by atoms with Gasteiger partial charge in [0.15, 0.2) is 22.5 Å². The molecule has 2 N–H and O–H groups in total. The average Bonchev–Trinajstić information content (AvgIpc) is 2.92. The minimum atomic E-state index is -1.11. The molecule has 6 nitrogen and oxygen atoms in total. The fraction of sp³-hybridized carbons (Fsp3) is 0.333. The van der Waals surface area contributed by atoms with Crippen LogP contribution in [0.3, 0.4) is 0 Å². The number of furan rings is 1. The van der Waals surface area contributed by atoms with E-state index in [0.717, 1.165) is 0 Å². The second-order valence-electron chi connectivity index (χ2n) is 4.44. The third-order valence-corrected chi connectivity index (χ3v) is 3.39. The molecule has 1 aliphatic rings. The van der Waals surface area contributed by atoms with Crippen LogP contribution in [-0.4, -0.2) is 31.8 Å². The van der Waals surface area contributed by atoms with E-state index in [-0.39, 0.29) is 17.3 Å². The summed E-state index contributed by atoms with van der Waals surface area (Å²) in [4.78, 5) is 15.3. The highest BCUT2D eigenvalue weighted by Crippen LogP contribution is 2.30. The van der Waals surface area contributed by atoms with Gasteiger partial charge >= 0.3 is 5.97 Å². The number of aliphatic hydroxyl groups excluding tert-OH is 1. The van der Waals surface area contributed by atoms with Gasteiger partial charge in [0.1, 0.15) is 0 Å². The Balaban J connectivity index is 2.16. The normalized spacial score (nSPS) is 18.3. The van der Waals surface area contributed by atoms with E-state index < -0.39 is 12.1 Å². The summed E-state index contributed by atoms with van der Waals surface area (Å²) < 4.78 is 7.05. The van der Waals surface area contributed by atoms with E-state index in [0.29, 0.717) is 30.2 Å². The summed E-state index contributed by atoms with van der Waals surface area (Å²) >= 11 is 5.73. The van der Waals surface area contributed by atoms with Crippen LogP contribution in [0.25, 0.3) is 11.6 Å². The second kappa shape index (κ2) is 4.40. The van der Waals surface area contributed by atoms with Crippen molar-refractivity contribution in [3.8, 4) is 11.6 Å². The van der Waals surface area contributed by atoms with E-state index in [9.17, 15) is 15.0 Å². The minimum Gasteiger partial charge on any atom is -0.476 e. The van der Waals surface area contributed by atoms with E-state index in [1.54, 1.807) is 16.7 Å². The minimum absolute atomic E-state index is 0.0405. The van der Waals surface area contributed by atoms with Gasteiger partial charge in [-0.25, -0.2) is 9.78 Å². The van der Waals surface area contributed by atoms with E-state index in [2.05, 4.69) is 4.98 Å². The Morgan fingerprint density at radius 3 is 2.95 bits per heavy atom. The number of hydrogen-bond acceptors (Lipinski definition) is 4. The van der Waals surface area contributed by atoms with Gasteiger partial charge in [0.2, 0.25) is 0 Å². The summed E-state index contributed by atoms with van der Waals surface area (Å²) in [6, 6.07) is 3.23. The van der Waals surface area contributed by atoms with Gasteiger partial charge in [0.25, 0.3) is 0 Å². The lowest BCUT2D eigenvalue weighted by atomic mass is 10.1. The molecule has 0 fully saturated rings. The van der Waals surface area contributed by atoms with Crippen molar-refractivity contribution in [2.75, 3.05) is 0 Å². The van der Waals surface area contributed by atoms with Crippen LogP contribution in [0.5, 0.6) is 0 Å². The molecule has 0 radical (unpaired) electrons. The number of aromatic carboxylic acids is 1. The Hall–Kier alpha value is -1.79. The van der Waals surface area contributed by atoms with Crippen LogP contribution in [0.4, 0.5) is 0 Å². The van der Waals surface area contributed by atoms with Crippen LogP contribution in [0, 0.1) is 0 Å². The number of fused-ring (bicyclic) bond motifs is 1. The first-order valence-corrected chi connectivity index (χ1v) is 6.20. The van der Waals surface area contributed by atoms with Crippen LogP contribution in [-0.2, 0) is 13.0 Å². The molecule has 3 rings (SSSR count).